The van der Waals surface area contributed by atoms with Gasteiger partial charge in [-0.15, -0.1) is 11.3 Å². The number of carbonyl (C=O) groups excluding carboxylic acids is 1. The van der Waals surface area contributed by atoms with Crippen molar-refractivity contribution in [1.82, 2.24) is 4.98 Å². The zero-order valence-electron chi connectivity index (χ0n) is 11.5. The maximum Gasteiger partial charge on any atom is 0.188 e. The third-order valence-electron chi connectivity index (χ3n) is 3.57. The van der Waals surface area contributed by atoms with E-state index < -0.39 is 6.23 Å². The number of nitrogens with zero attached hydrogens (tertiary/aromatic N) is 2. The first-order valence-corrected chi connectivity index (χ1v) is 8.47. The maximum atomic E-state index is 11.2. The minimum atomic E-state index is -0.515. The second-order valence-electron chi connectivity index (χ2n) is 4.85. The number of hydrogen-bond acceptors (Lipinski definition) is 5. The van der Waals surface area contributed by atoms with Crippen molar-refractivity contribution in [2.45, 2.75) is 25.6 Å². The summed E-state index contributed by atoms with van der Waals surface area (Å²) in [6, 6.07) is 8.26. The first kappa shape index (κ1) is 14.7. The van der Waals surface area contributed by atoms with Crippen LogP contribution in [0.25, 0.3) is 11.3 Å². The molecule has 2 aromatic rings. The summed E-state index contributed by atoms with van der Waals surface area (Å²) in [5, 5.41) is 2.86. The standard InChI is InChI=1S/C15H15BrN2O2S/c1-2-12-8-20-14(7-19)18(12)15-17-13(9-21-15)10-3-5-11(16)6-4-10/h3-7,9,12,14H,2,8H2,1H3/t12-,14?/m0/s1. The quantitative estimate of drug-likeness (QED) is 0.773. The number of anilines is 1. The average Bonchev–Trinajstić information content (AvgIpc) is 3.13. The van der Waals surface area contributed by atoms with E-state index in [9.17, 15) is 4.79 Å². The van der Waals surface area contributed by atoms with Crippen LogP contribution in [-0.2, 0) is 9.53 Å². The molecule has 0 N–H and O–H groups in total. The molecule has 0 aliphatic carbocycles. The Labute approximate surface area is 135 Å². The lowest BCUT2D eigenvalue weighted by atomic mass is 10.2. The predicted molar refractivity (Wildman–Crippen MR) is 87.6 cm³/mol. The molecule has 0 saturated carbocycles. The fourth-order valence-corrected chi connectivity index (χ4v) is 3.59. The smallest absolute Gasteiger partial charge is 0.188 e. The number of hydrogen-bond donors (Lipinski definition) is 0. The van der Waals surface area contributed by atoms with Gasteiger partial charge < -0.3 is 9.64 Å². The summed E-state index contributed by atoms with van der Waals surface area (Å²) in [6.45, 7) is 2.67. The third-order valence-corrected chi connectivity index (χ3v) is 4.95. The molecule has 1 saturated heterocycles. The number of benzene rings is 1. The van der Waals surface area contributed by atoms with Gasteiger partial charge in [0.15, 0.2) is 17.6 Å². The number of carbonyl (C=O) groups is 1. The van der Waals surface area contributed by atoms with Crippen LogP contribution >= 0.6 is 27.3 Å². The predicted octanol–water partition coefficient (Wildman–Crippen LogP) is 3.71. The van der Waals surface area contributed by atoms with Crippen molar-refractivity contribution in [1.29, 1.82) is 0 Å². The largest absolute Gasteiger partial charge is 0.349 e. The molecule has 0 bridgehead atoms. The second-order valence-corrected chi connectivity index (χ2v) is 6.60. The number of halogens is 1. The summed E-state index contributed by atoms with van der Waals surface area (Å²) >= 11 is 4.98. The lowest BCUT2D eigenvalue weighted by Crippen LogP contribution is -2.37. The lowest BCUT2D eigenvalue weighted by molar-refractivity contribution is -0.115. The molecule has 1 unspecified atom stereocenters. The third kappa shape index (κ3) is 2.88. The van der Waals surface area contributed by atoms with Crippen LogP contribution in [0.3, 0.4) is 0 Å². The van der Waals surface area contributed by atoms with Gasteiger partial charge in [-0.1, -0.05) is 35.0 Å². The molecule has 1 aliphatic heterocycles. The van der Waals surface area contributed by atoms with Crippen LogP contribution in [0, 0.1) is 0 Å². The van der Waals surface area contributed by atoms with Gasteiger partial charge in [-0.25, -0.2) is 4.98 Å². The van der Waals surface area contributed by atoms with Crippen molar-refractivity contribution in [3.05, 3.63) is 34.1 Å². The van der Waals surface area contributed by atoms with Crippen LogP contribution in [0.2, 0.25) is 0 Å². The van der Waals surface area contributed by atoms with Crippen LogP contribution in [0.15, 0.2) is 34.1 Å². The van der Waals surface area contributed by atoms with Gasteiger partial charge in [-0.3, -0.25) is 4.79 Å². The molecule has 3 rings (SSSR count). The van der Waals surface area contributed by atoms with Gasteiger partial charge in [0.25, 0.3) is 0 Å². The lowest BCUT2D eigenvalue weighted by Gasteiger charge is -2.23. The molecule has 6 heteroatoms. The van der Waals surface area contributed by atoms with Gasteiger partial charge in [0.1, 0.15) is 0 Å². The van der Waals surface area contributed by atoms with E-state index in [0.29, 0.717) is 6.61 Å². The minimum absolute atomic E-state index is 0.212. The van der Waals surface area contributed by atoms with Crippen LogP contribution in [-0.4, -0.2) is 30.1 Å². The zero-order chi connectivity index (χ0) is 14.8. The number of thiazole rings is 1. The second kappa shape index (κ2) is 6.25. The van der Waals surface area contributed by atoms with Crippen molar-refractivity contribution in [2.24, 2.45) is 0 Å². The normalized spacial score (nSPS) is 21.7. The zero-order valence-corrected chi connectivity index (χ0v) is 13.9. The molecule has 2 heterocycles. The Balaban J connectivity index is 1.90. The molecular formula is C15H15BrN2O2S. The van der Waals surface area contributed by atoms with Crippen molar-refractivity contribution in [3.8, 4) is 11.3 Å². The van der Waals surface area contributed by atoms with Crippen LogP contribution in [0.1, 0.15) is 13.3 Å². The molecule has 1 aromatic heterocycles. The molecule has 0 spiro atoms. The van der Waals surface area contributed by atoms with Gasteiger partial charge in [0, 0.05) is 15.4 Å². The topological polar surface area (TPSA) is 42.4 Å². The van der Waals surface area contributed by atoms with E-state index in [4.69, 9.17) is 4.74 Å². The highest BCUT2D eigenvalue weighted by Crippen LogP contribution is 2.33. The SMILES string of the molecule is CC[C@H]1COC(C=O)N1c1nc(-c2ccc(Br)cc2)cs1. The molecule has 2 atom stereocenters. The average molecular weight is 367 g/mol. The summed E-state index contributed by atoms with van der Waals surface area (Å²) < 4.78 is 6.56. The van der Waals surface area contributed by atoms with Crippen molar-refractivity contribution in [2.75, 3.05) is 11.5 Å². The fraction of sp³-hybridized carbons (Fsp3) is 0.333. The van der Waals surface area contributed by atoms with Gasteiger partial charge in [0.2, 0.25) is 0 Å². The summed E-state index contributed by atoms with van der Waals surface area (Å²) in [7, 11) is 0. The van der Waals surface area contributed by atoms with Crippen molar-refractivity contribution in [3.63, 3.8) is 0 Å². The van der Waals surface area contributed by atoms with E-state index in [0.717, 1.165) is 33.6 Å². The first-order valence-electron chi connectivity index (χ1n) is 6.79. The molecule has 1 fully saturated rings. The monoisotopic (exact) mass is 366 g/mol. The van der Waals surface area contributed by atoms with Gasteiger partial charge >= 0.3 is 0 Å². The van der Waals surface area contributed by atoms with Gasteiger partial charge in [0.05, 0.1) is 18.3 Å². The number of aromatic nitrogens is 1. The Morgan fingerprint density at radius 3 is 2.90 bits per heavy atom. The van der Waals surface area contributed by atoms with Crippen LogP contribution in [0.5, 0.6) is 0 Å². The first-order chi connectivity index (χ1) is 10.2. The van der Waals surface area contributed by atoms with E-state index in [2.05, 4.69) is 27.8 Å². The van der Waals surface area contributed by atoms with E-state index in [-0.39, 0.29) is 6.04 Å². The van der Waals surface area contributed by atoms with E-state index >= 15 is 0 Å². The van der Waals surface area contributed by atoms with E-state index in [1.165, 1.54) is 0 Å². The maximum absolute atomic E-state index is 11.2. The highest BCUT2D eigenvalue weighted by molar-refractivity contribution is 9.10. The van der Waals surface area contributed by atoms with Crippen LogP contribution in [0.4, 0.5) is 5.13 Å². The Hall–Kier alpha value is -1.24. The molecule has 110 valence electrons. The molecular weight excluding hydrogens is 352 g/mol. The Bertz CT molecular complexity index is 629. The fourth-order valence-electron chi connectivity index (χ4n) is 2.40. The molecule has 4 nitrogen and oxygen atoms in total. The van der Waals surface area contributed by atoms with Crippen LogP contribution < -0.4 is 4.90 Å². The van der Waals surface area contributed by atoms with E-state index in [1.54, 1.807) is 11.3 Å². The summed E-state index contributed by atoms with van der Waals surface area (Å²) in [5.41, 5.74) is 1.99. The van der Waals surface area contributed by atoms with Crippen molar-refractivity contribution >= 4 is 38.7 Å². The number of aldehydes is 1. The molecule has 1 aromatic carbocycles. The molecule has 0 radical (unpaired) electrons. The molecule has 1 aliphatic rings. The minimum Gasteiger partial charge on any atom is -0.349 e. The van der Waals surface area contributed by atoms with Gasteiger partial charge in [-0.2, -0.15) is 0 Å². The van der Waals surface area contributed by atoms with E-state index in [1.807, 2.05) is 34.5 Å². The number of rotatable bonds is 4. The molecule has 21 heavy (non-hydrogen) atoms. The summed E-state index contributed by atoms with van der Waals surface area (Å²) in [4.78, 5) is 17.8. The summed E-state index contributed by atoms with van der Waals surface area (Å²) in [6.07, 6.45) is 1.26. The Morgan fingerprint density at radius 1 is 1.48 bits per heavy atom. The highest BCUT2D eigenvalue weighted by atomic mass is 79.9. The van der Waals surface area contributed by atoms with Crippen molar-refractivity contribution < 1.29 is 9.53 Å². The highest BCUT2D eigenvalue weighted by Gasteiger charge is 2.35. The van der Waals surface area contributed by atoms with Gasteiger partial charge in [-0.05, 0) is 18.6 Å². The molecule has 0 amide bonds. The number of ether oxygens (including phenoxy) is 1. The Kier molecular flexibility index (Phi) is 4.37. The Morgan fingerprint density at radius 2 is 2.24 bits per heavy atom. The summed E-state index contributed by atoms with van der Waals surface area (Å²) in [5.74, 6) is 0.